The summed E-state index contributed by atoms with van der Waals surface area (Å²) in [5, 5.41) is 0. The Balaban J connectivity index is 3.25. The Bertz CT molecular complexity index is 571. The van der Waals surface area contributed by atoms with Crippen LogP contribution in [0.3, 0.4) is 0 Å². The van der Waals surface area contributed by atoms with Gasteiger partial charge in [0, 0.05) is 11.8 Å². The summed E-state index contributed by atoms with van der Waals surface area (Å²) in [5.41, 5.74) is 1.18. The third-order valence-corrected chi connectivity index (χ3v) is 5.17. The molecule has 0 aliphatic carbocycles. The summed E-state index contributed by atoms with van der Waals surface area (Å²) in [7, 11) is -1.91. The van der Waals surface area contributed by atoms with Crippen LogP contribution in [-0.4, -0.2) is 32.3 Å². The minimum atomic E-state index is -3.46. The number of carbonyl (C=O) groups is 1. The molecule has 0 aliphatic rings. The van der Waals surface area contributed by atoms with Crippen LogP contribution < -0.4 is 4.74 Å². The van der Waals surface area contributed by atoms with Crippen molar-refractivity contribution in [3.63, 3.8) is 0 Å². The van der Waals surface area contributed by atoms with Crippen molar-refractivity contribution in [1.29, 1.82) is 0 Å². The third-order valence-electron chi connectivity index (χ3n) is 3.13. The Morgan fingerprint density at radius 3 is 2.22 bits per heavy atom. The van der Waals surface area contributed by atoms with Gasteiger partial charge >= 0.3 is 0 Å². The van der Waals surface area contributed by atoms with Crippen LogP contribution in [-0.2, 0) is 9.84 Å². The number of hydrogen-bond donors (Lipinski definition) is 0. The number of hydrogen-bond acceptors (Lipinski definition) is 4. The van der Waals surface area contributed by atoms with Gasteiger partial charge in [-0.2, -0.15) is 0 Å². The molecule has 0 unspecified atom stereocenters. The molecule has 4 nitrogen and oxygen atoms in total. The number of sulfone groups is 1. The van der Waals surface area contributed by atoms with Crippen molar-refractivity contribution in [2.24, 2.45) is 0 Å². The minimum Gasteiger partial charge on any atom is -0.496 e. The third kappa shape index (κ3) is 2.56. The van der Waals surface area contributed by atoms with Crippen LogP contribution in [0.2, 0.25) is 0 Å². The molecule has 0 spiro atoms. The van der Waals surface area contributed by atoms with E-state index in [2.05, 4.69) is 0 Å². The maximum atomic E-state index is 12.2. The fourth-order valence-electron chi connectivity index (χ4n) is 1.54. The standard InChI is InChI=1S/C13H18O4S/c1-9-8-10(6-7-11(9)17-4)12(14)13(2,3)18(5,15)16/h6-8H,1-5H3. The van der Waals surface area contributed by atoms with Crippen LogP contribution in [0.5, 0.6) is 5.75 Å². The molecule has 18 heavy (non-hydrogen) atoms. The van der Waals surface area contributed by atoms with Crippen molar-refractivity contribution in [2.45, 2.75) is 25.5 Å². The lowest BCUT2D eigenvalue weighted by Crippen LogP contribution is -2.39. The van der Waals surface area contributed by atoms with E-state index in [0.717, 1.165) is 11.8 Å². The first kappa shape index (κ1) is 14.7. The monoisotopic (exact) mass is 270 g/mol. The van der Waals surface area contributed by atoms with E-state index in [4.69, 9.17) is 4.74 Å². The molecule has 0 saturated heterocycles. The number of ketones is 1. The molecule has 0 saturated carbocycles. The van der Waals surface area contributed by atoms with Crippen molar-refractivity contribution < 1.29 is 17.9 Å². The average Bonchev–Trinajstić information content (AvgIpc) is 2.26. The Morgan fingerprint density at radius 2 is 1.83 bits per heavy atom. The molecule has 0 aliphatic heterocycles. The molecule has 1 aromatic carbocycles. The van der Waals surface area contributed by atoms with Crippen LogP contribution in [0.1, 0.15) is 29.8 Å². The molecule has 1 rings (SSSR count). The number of methoxy groups -OCH3 is 1. The van der Waals surface area contributed by atoms with Gasteiger partial charge in [0.2, 0.25) is 0 Å². The molecule has 0 atom stereocenters. The molecule has 0 heterocycles. The van der Waals surface area contributed by atoms with Gasteiger partial charge in [-0.3, -0.25) is 4.79 Å². The molecular formula is C13H18O4S. The van der Waals surface area contributed by atoms with Gasteiger partial charge in [-0.05, 0) is 44.5 Å². The van der Waals surface area contributed by atoms with Gasteiger partial charge < -0.3 is 4.74 Å². The van der Waals surface area contributed by atoms with Gasteiger partial charge in [0.15, 0.2) is 15.6 Å². The lowest BCUT2D eigenvalue weighted by Gasteiger charge is -2.21. The normalized spacial score (nSPS) is 12.3. The van der Waals surface area contributed by atoms with Crippen LogP contribution in [0, 0.1) is 6.92 Å². The van der Waals surface area contributed by atoms with Crippen molar-refractivity contribution in [2.75, 3.05) is 13.4 Å². The zero-order chi connectivity index (χ0) is 14.1. The molecule has 0 amide bonds. The van der Waals surface area contributed by atoms with E-state index in [1.807, 2.05) is 6.92 Å². The second-order valence-electron chi connectivity index (χ2n) is 4.80. The van der Waals surface area contributed by atoms with Gasteiger partial charge in [0.25, 0.3) is 0 Å². The highest BCUT2D eigenvalue weighted by molar-refractivity contribution is 7.92. The van der Waals surface area contributed by atoms with Gasteiger partial charge in [-0.1, -0.05) is 0 Å². The van der Waals surface area contributed by atoms with Gasteiger partial charge in [0.05, 0.1) is 7.11 Å². The Morgan fingerprint density at radius 1 is 1.28 bits per heavy atom. The lowest BCUT2D eigenvalue weighted by atomic mass is 9.98. The predicted molar refractivity (Wildman–Crippen MR) is 71.0 cm³/mol. The van der Waals surface area contributed by atoms with Gasteiger partial charge in [-0.25, -0.2) is 8.42 Å². The van der Waals surface area contributed by atoms with Crippen molar-refractivity contribution >= 4 is 15.6 Å². The van der Waals surface area contributed by atoms with Crippen molar-refractivity contribution in [3.8, 4) is 5.75 Å². The van der Waals surface area contributed by atoms with Crippen LogP contribution in [0.25, 0.3) is 0 Å². The van der Waals surface area contributed by atoms with E-state index in [-0.39, 0.29) is 0 Å². The molecular weight excluding hydrogens is 252 g/mol. The van der Waals surface area contributed by atoms with E-state index in [1.54, 1.807) is 25.3 Å². The fourth-order valence-corrected chi connectivity index (χ4v) is 1.99. The molecule has 1 aromatic rings. The summed E-state index contributed by atoms with van der Waals surface area (Å²) in [5.74, 6) is 0.263. The SMILES string of the molecule is COc1ccc(C(=O)C(C)(C)S(C)(=O)=O)cc1C. The summed E-state index contributed by atoms with van der Waals surface area (Å²) in [6.07, 6.45) is 1.07. The zero-order valence-electron chi connectivity index (χ0n) is 11.3. The summed E-state index contributed by atoms with van der Waals surface area (Å²) in [6.45, 7) is 4.65. The smallest absolute Gasteiger partial charge is 0.183 e. The van der Waals surface area contributed by atoms with E-state index in [1.165, 1.54) is 13.8 Å². The topological polar surface area (TPSA) is 60.4 Å². The first-order chi connectivity index (χ1) is 8.11. The number of aryl methyl sites for hydroxylation is 1. The van der Waals surface area contributed by atoms with Crippen molar-refractivity contribution in [1.82, 2.24) is 0 Å². The van der Waals surface area contributed by atoms with Gasteiger partial charge in [0.1, 0.15) is 10.5 Å². The molecule has 0 radical (unpaired) electrons. The van der Waals surface area contributed by atoms with E-state index in [0.29, 0.717) is 11.3 Å². The number of carbonyl (C=O) groups excluding carboxylic acids is 1. The number of rotatable bonds is 4. The molecule has 0 fully saturated rings. The average molecular weight is 270 g/mol. The Kier molecular flexibility index (Phi) is 3.86. The Hall–Kier alpha value is -1.36. The number of ether oxygens (including phenoxy) is 1. The molecule has 0 N–H and O–H groups in total. The summed E-state index contributed by atoms with van der Waals surface area (Å²) in [4.78, 5) is 12.2. The van der Waals surface area contributed by atoms with Gasteiger partial charge in [-0.15, -0.1) is 0 Å². The maximum absolute atomic E-state index is 12.2. The second-order valence-corrected chi connectivity index (χ2v) is 7.36. The first-order valence-electron chi connectivity index (χ1n) is 5.50. The van der Waals surface area contributed by atoms with E-state index >= 15 is 0 Å². The molecule has 0 bridgehead atoms. The lowest BCUT2D eigenvalue weighted by molar-refractivity contribution is 0.0954. The van der Waals surface area contributed by atoms with Crippen LogP contribution in [0.4, 0.5) is 0 Å². The van der Waals surface area contributed by atoms with Crippen LogP contribution >= 0.6 is 0 Å². The largest absolute Gasteiger partial charge is 0.496 e. The zero-order valence-corrected chi connectivity index (χ0v) is 12.1. The van der Waals surface area contributed by atoms with Crippen molar-refractivity contribution in [3.05, 3.63) is 29.3 Å². The first-order valence-corrected chi connectivity index (χ1v) is 7.39. The summed E-state index contributed by atoms with van der Waals surface area (Å²) >= 11 is 0. The van der Waals surface area contributed by atoms with Crippen LogP contribution in [0.15, 0.2) is 18.2 Å². The van der Waals surface area contributed by atoms with E-state index < -0.39 is 20.4 Å². The van der Waals surface area contributed by atoms with E-state index in [9.17, 15) is 13.2 Å². The maximum Gasteiger partial charge on any atom is 0.183 e. The Labute approximate surface area is 108 Å². The fraction of sp³-hybridized carbons (Fsp3) is 0.462. The minimum absolute atomic E-state index is 0.378. The highest BCUT2D eigenvalue weighted by Gasteiger charge is 2.38. The summed E-state index contributed by atoms with van der Waals surface area (Å²) < 4.78 is 26.9. The highest BCUT2D eigenvalue weighted by atomic mass is 32.2. The highest BCUT2D eigenvalue weighted by Crippen LogP contribution is 2.25. The number of Topliss-reactive ketones (excluding diaryl/α,β-unsaturated/α-hetero) is 1. The molecule has 100 valence electrons. The molecule has 5 heteroatoms. The number of benzene rings is 1. The quantitative estimate of drug-likeness (QED) is 0.785. The predicted octanol–water partition coefficient (Wildman–Crippen LogP) is 2.01. The second kappa shape index (κ2) is 4.72. The molecule has 0 aromatic heterocycles. The summed E-state index contributed by atoms with van der Waals surface area (Å²) in [6, 6.07) is 4.90.